The van der Waals surface area contributed by atoms with Crippen molar-refractivity contribution in [1.29, 1.82) is 0 Å². The maximum atomic E-state index is 11.1. The number of carbonyl (C=O) groups excluding carboxylic acids is 1. The van der Waals surface area contributed by atoms with Gasteiger partial charge in [0, 0.05) is 18.9 Å². The molecule has 0 aromatic carbocycles. The van der Waals surface area contributed by atoms with Crippen LogP contribution in [-0.2, 0) is 14.4 Å². The summed E-state index contributed by atoms with van der Waals surface area (Å²) in [6.45, 7) is 0.110. The molecule has 2 rings (SSSR count). The van der Waals surface area contributed by atoms with Crippen molar-refractivity contribution < 1.29 is 39.4 Å². The van der Waals surface area contributed by atoms with Crippen LogP contribution in [0.3, 0.4) is 0 Å². The standard InChI is InChI=1S/C14H16N2O7/c17-8-5-11(14(22)23)16(6-8)2-1-7-3-9(12(18)19)15-10(4-7)13(20)21/h1-3,8,10-11,17H,4-6H2,(H3,18,19,20,21,22,23)/t8-,10+,11+/m0/s1. The first-order valence-electron chi connectivity index (χ1n) is 6.91. The van der Waals surface area contributed by atoms with Crippen LogP contribution in [0.1, 0.15) is 12.8 Å². The molecule has 1 saturated heterocycles. The molecule has 0 saturated carbocycles. The Morgan fingerprint density at radius 2 is 2.04 bits per heavy atom. The lowest BCUT2D eigenvalue weighted by Crippen LogP contribution is -2.41. The number of rotatable bonds is 4. The summed E-state index contributed by atoms with van der Waals surface area (Å²) in [5, 5.41) is 41.0. The van der Waals surface area contributed by atoms with Gasteiger partial charge in [-0.2, -0.15) is 0 Å². The minimum atomic E-state index is -1.31. The molecule has 0 bridgehead atoms. The smallest absolute Gasteiger partial charge is 0.351 e. The maximum absolute atomic E-state index is 11.1. The van der Waals surface area contributed by atoms with Gasteiger partial charge in [0.15, 0.2) is 18.8 Å². The van der Waals surface area contributed by atoms with E-state index in [-0.39, 0.29) is 25.1 Å². The quantitative estimate of drug-likeness (QED) is 0.408. The number of aliphatic hydroxyl groups excluding tert-OH is 1. The van der Waals surface area contributed by atoms with Crippen LogP contribution in [0.25, 0.3) is 0 Å². The van der Waals surface area contributed by atoms with E-state index in [1.165, 1.54) is 22.9 Å². The number of aliphatic carboxylic acids is 3. The minimum Gasteiger partial charge on any atom is -0.543 e. The molecule has 2 aliphatic rings. The predicted octanol–water partition coefficient (Wildman–Crippen LogP) is -2.71. The first kappa shape index (κ1) is 16.7. The van der Waals surface area contributed by atoms with Crippen LogP contribution in [0, 0.1) is 0 Å². The van der Waals surface area contributed by atoms with Crippen molar-refractivity contribution in [3.8, 4) is 0 Å². The maximum Gasteiger partial charge on any atom is 0.351 e. The highest BCUT2D eigenvalue weighted by Gasteiger charge is 2.35. The van der Waals surface area contributed by atoms with Crippen LogP contribution in [0.5, 0.6) is 0 Å². The number of hydrogen-bond donors (Lipinski definition) is 4. The third-order valence-electron chi connectivity index (χ3n) is 3.70. The molecule has 9 heteroatoms. The average Bonchev–Trinajstić information content (AvgIpc) is 2.86. The zero-order chi connectivity index (χ0) is 17.1. The summed E-state index contributed by atoms with van der Waals surface area (Å²) in [5.74, 6) is -3.79. The van der Waals surface area contributed by atoms with Gasteiger partial charge >= 0.3 is 11.9 Å². The Bertz CT molecular complexity index is 635. The summed E-state index contributed by atoms with van der Waals surface area (Å²) in [4.78, 5) is 33.1. The summed E-state index contributed by atoms with van der Waals surface area (Å²) >= 11 is 0. The minimum absolute atomic E-state index is 0.0392. The van der Waals surface area contributed by atoms with Crippen LogP contribution in [0.2, 0.25) is 0 Å². The van der Waals surface area contributed by atoms with E-state index in [0.29, 0.717) is 5.57 Å². The van der Waals surface area contributed by atoms with Crippen molar-refractivity contribution >= 4 is 24.1 Å². The Morgan fingerprint density at radius 1 is 1.35 bits per heavy atom. The molecule has 0 aromatic heterocycles. The number of nitrogens with zero attached hydrogens (tertiary/aromatic N) is 1. The lowest BCUT2D eigenvalue weighted by Gasteiger charge is -2.21. The Balaban J connectivity index is 2.27. The van der Waals surface area contributed by atoms with Gasteiger partial charge in [0.1, 0.15) is 23.8 Å². The van der Waals surface area contributed by atoms with E-state index in [9.17, 15) is 24.6 Å². The van der Waals surface area contributed by atoms with Gasteiger partial charge in [0.25, 0.3) is 0 Å². The molecule has 4 N–H and O–H groups in total. The molecular formula is C14H16N2O7. The zero-order valence-corrected chi connectivity index (χ0v) is 12.0. The van der Waals surface area contributed by atoms with E-state index >= 15 is 0 Å². The second kappa shape index (κ2) is 6.61. The summed E-state index contributed by atoms with van der Waals surface area (Å²) < 4.78 is 1.37. The van der Waals surface area contributed by atoms with Gasteiger partial charge < -0.3 is 30.5 Å². The SMILES string of the molecule is O=C(O)C1=C/C(=C\C=[N+]2C[C@@H](O)C[C@@H]2C(=O)[O-])C[C@H](C(=O)O)N1. The summed E-state index contributed by atoms with van der Waals surface area (Å²) in [7, 11) is 0. The Morgan fingerprint density at radius 3 is 2.61 bits per heavy atom. The lowest BCUT2D eigenvalue weighted by molar-refractivity contribution is -0.541. The fraction of sp³-hybridized carbons (Fsp3) is 0.429. The van der Waals surface area contributed by atoms with E-state index in [1.54, 1.807) is 0 Å². The highest BCUT2D eigenvalue weighted by Crippen LogP contribution is 2.17. The zero-order valence-electron chi connectivity index (χ0n) is 12.0. The summed E-state index contributed by atoms with van der Waals surface area (Å²) in [6, 6.07) is -2.05. The molecule has 0 aromatic rings. The van der Waals surface area contributed by atoms with Gasteiger partial charge in [-0.1, -0.05) is 0 Å². The summed E-state index contributed by atoms with van der Waals surface area (Å²) in [5.41, 5.74) is 0.174. The number of carbonyl (C=O) groups is 3. The highest BCUT2D eigenvalue weighted by molar-refractivity contribution is 5.89. The first-order valence-corrected chi connectivity index (χ1v) is 6.91. The van der Waals surface area contributed by atoms with Crippen molar-refractivity contribution in [2.75, 3.05) is 6.54 Å². The second-order valence-electron chi connectivity index (χ2n) is 5.41. The Labute approximate surface area is 130 Å². The number of nitrogens with one attached hydrogen (secondary N) is 1. The molecule has 0 unspecified atom stereocenters. The molecule has 0 amide bonds. The molecule has 2 aliphatic heterocycles. The molecule has 2 heterocycles. The van der Waals surface area contributed by atoms with Gasteiger partial charge in [0.2, 0.25) is 0 Å². The van der Waals surface area contributed by atoms with E-state index in [2.05, 4.69) is 5.32 Å². The van der Waals surface area contributed by atoms with Gasteiger partial charge in [-0.25, -0.2) is 14.2 Å². The highest BCUT2D eigenvalue weighted by atomic mass is 16.4. The fourth-order valence-electron chi connectivity index (χ4n) is 2.58. The van der Waals surface area contributed by atoms with Crippen LogP contribution in [-0.4, -0.2) is 68.8 Å². The van der Waals surface area contributed by atoms with Gasteiger partial charge in [-0.05, 0) is 11.6 Å². The normalized spacial score (nSPS) is 30.8. The second-order valence-corrected chi connectivity index (χ2v) is 5.41. The van der Waals surface area contributed by atoms with Gasteiger partial charge in [-0.3, -0.25) is 0 Å². The van der Waals surface area contributed by atoms with Gasteiger partial charge in [-0.15, -0.1) is 0 Å². The van der Waals surface area contributed by atoms with Crippen molar-refractivity contribution in [2.45, 2.75) is 31.0 Å². The molecule has 124 valence electrons. The monoisotopic (exact) mass is 324 g/mol. The molecule has 1 fully saturated rings. The van der Waals surface area contributed by atoms with Gasteiger partial charge in [0.05, 0.1) is 0 Å². The number of hydrogen-bond acceptors (Lipinski definition) is 6. The van der Waals surface area contributed by atoms with E-state index < -0.39 is 36.1 Å². The molecule has 23 heavy (non-hydrogen) atoms. The molecule has 0 spiro atoms. The Hall–Kier alpha value is -2.68. The molecule has 0 aliphatic carbocycles. The first-order chi connectivity index (χ1) is 10.8. The van der Waals surface area contributed by atoms with Crippen molar-refractivity contribution in [1.82, 2.24) is 5.32 Å². The average molecular weight is 324 g/mol. The van der Waals surface area contributed by atoms with Crippen LogP contribution in [0.15, 0.2) is 23.4 Å². The molecule has 3 atom stereocenters. The largest absolute Gasteiger partial charge is 0.543 e. The topological polar surface area (TPSA) is 150 Å². The van der Waals surface area contributed by atoms with E-state index in [0.717, 1.165) is 0 Å². The Kier molecular flexibility index (Phi) is 4.80. The number of carboxylic acid groups (broad SMARTS) is 3. The van der Waals surface area contributed by atoms with Crippen LogP contribution in [0.4, 0.5) is 0 Å². The third-order valence-corrected chi connectivity index (χ3v) is 3.70. The predicted molar refractivity (Wildman–Crippen MR) is 73.6 cm³/mol. The third kappa shape index (κ3) is 3.95. The number of β-amino-alcohol motifs (C(OH)–C–C–N with tert-alkyl or cyclic N) is 1. The molecule has 9 nitrogen and oxygen atoms in total. The van der Waals surface area contributed by atoms with Crippen molar-refractivity contribution in [3.05, 3.63) is 23.4 Å². The summed E-state index contributed by atoms with van der Waals surface area (Å²) in [6.07, 6.45) is 3.45. The number of allylic oxidation sites excluding steroid dienone is 2. The van der Waals surface area contributed by atoms with Crippen LogP contribution < -0.4 is 10.4 Å². The van der Waals surface area contributed by atoms with E-state index in [4.69, 9.17) is 10.2 Å². The van der Waals surface area contributed by atoms with Crippen LogP contribution >= 0.6 is 0 Å². The molecule has 0 radical (unpaired) electrons. The number of carboxylic acids is 3. The van der Waals surface area contributed by atoms with E-state index in [1.807, 2.05) is 0 Å². The van der Waals surface area contributed by atoms with Crippen molar-refractivity contribution in [3.63, 3.8) is 0 Å². The van der Waals surface area contributed by atoms with Crippen molar-refractivity contribution in [2.24, 2.45) is 0 Å². The lowest BCUT2D eigenvalue weighted by atomic mass is 10.00. The fourth-order valence-corrected chi connectivity index (χ4v) is 2.58. The molecular weight excluding hydrogens is 308 g/mol. The number of aliphatic hydroxyl groups is 1.